The molecule has 0 aliphatic heterocycles. The third-order valence-electron chi connectivity index (χ3n) is 4.55. The third kappa shape index (κ3) is 3.53. The van der Waals surface area contributed by atoms with Crippen LogP contribution < -0.4 is 15.5 Å². The van der Waals surface area contributed by atoms with Crippen LogP contribution in [0, 0.1) is 11.8 Å². The topological polar surface area (TPSA) is 45.6 Å². The lowest BCUT2D eigenvalue weighted by molar-refractivity contribution is 0.389. The van der Waals surface area contributed by atoms with Crippen LogP contribution in [0.4, 0.5) is 0 Å². The van der Waals surface area contributed by atoms with Crippen molar-refractivity contribution in [1.82, 2.24) is 10.7 Å². The molecule has 2 aliphatic rings. The molecule has 0 radical (unpaired) electrons. The van der Waals surface area contributed by atoms with Gasteiger partial charge in [-0.05, 0) is 73.1 Å². The second-order valence-electron chi connectivity index (χ2n) is 5.90. The van der Waals surface area contributed by atoms with E-state index in [2.05, 4.69) is 15.8 Å². The Morgan fingerprint density at radius 3 is 2.71 bits per heavy atom. The molecule has 2 bridgehead atoms. The average Bonchev–Trinajstić information content (AvgIpc) is 3.10. The largest absolute Gasteiger partial charge is 0.497 e. The Kier molecular flexibility index (Phi) is 4.39. The molecular weight excluding hydrogens is 282 g/mol. The van der Waals surface area contributed by atoms with Crippen LogP contribution in [0.1, 0.15) is 31.2 Å². The molecule has 0 aromatic heterocycles. The van der Waals surface area contributed by atoms with E-state index in [1.54, 1.807) is 13.3 Å². The van der Waals surface area contributed by atoms with Crippen molar-refractivity contribution in [3.05, 3.63) is 29.8 Å². The quantitative estimate of drug-likeness (QED) is 0.510. The van der Waals surface area contributed by atoms with Crippen LogP contribution in [0.5, 0.6) is 5.75 Å². The zero-order chi connectivity index (χ0) is 14.7. The molecule has 1 aromatic carbocycles. The van der Waals surface area contributed by atoms with Gasteiger partial charge in [-0.3, -0.25) is 5.43 Å². The molecule has 0 amide bonds. The molecule has 0 unspecified atom stereocenters. The first-order valence-electron chi connectivity index (χ1n) is 7.48. The van der Waals surface area contributed by atoms with Gasteiger partial charge in [0.05, 0.1) is 13.3 Å². The lowest BCUT2D eigenvalue weighted by Crippen LogP contribution is -2.42. The van der Waals surface area contributed by atoms with E-state index in [4.69, 9.17) is 17.0 Å². The van der Waals surface area contributed by atoms with Gasteiger partial charge >= 0.3 is 0 Å². The molecule has 3 rings (SSSR count). The molecule has 112 valence electrons. The summed E-state index contributed by atoms with van der Waals surface area (Å²) in [5.41, 5.74) is 3.91. The average molecular weight is 303 g/mol. The summed E-state index contributed by atoms with van der Waals surface area (Å²) in [5, 5.41) is 8.21. The van der Waals surface area contributed by atoms with Crippen molar-refractivity contribution in [2.75, 3.05) is 7.11 Å². The second kappa shape index (κ2) is 6.43. The number of nitrogens with zero attached hydrogens (tertiary/aromatic N) is 1. The molecule has 0 spiro atoms. The Balaban J connectivity index is 1.45. The van der Waals surface area contributed by atoms with E-state index >= 15 is 0 Å². The summed E-state index contributed by atoms with van der Waals surface area (Å²) in [7, 11) is 1.66. The van der Waals surface area contributed by atoms with Crippen LogP contribution in [-0.4, -0.2) is 24.5 Å². The van der Waals surface area contributed by atoms with Crippen molar-refractivity contribution in [2.45, 2.75) is 31.7 Å². The highest BCUT2D eigenvalue weighted by atomic mass is 32.1. The van der Waals surface area contributed by atoms with Crippen LogP contribution >= 0.6 is 12.2 Å². The van der Waals surface area contributed by atoms with Crippen molar-refractivity contribution >= 4 is 23.5 Å². The van der Waals surface area contributed by atoms with Gasteiger partial charge in [0.1, 0.15) is 5.75 Å². The van der Waals surface area contributed by atoms with E-state index in [1.807, 2.05) is 24.3 Å². The second-order valence-corrected chi connectivity index (χ2v) is 6.31. The summed E-state index contributed by atoms with van der Waals surface area (Å²) in [4.78, 5) is 0. The minimum Gasteiger partial charge on any atom is -0.497 e. The highest BCUT2D eigenvalue weighted by Gasteiger charge is 2.39. The monoisotopic (exact) mass is 303 g/mol. The Bertz CT molecular complexity index is 529. The van der Waals surface area contributed by atoms with Gasteiger partial charge in [-0.15, -0.1) is 0 Å². The van der Waals surface area contributed by atoms with E-state index in [1.165, 1.54) is 25.7 Å². The summed E-state index contributed by atoms with van der Waals surface area (Å²) in [5.74, 6) is 2.56. The molecule has 5 heteroatoms. The van der Waals surface area contributed by atoms with Gasteiger partial charge in [0, 0.05) is 6.04 Å². The molecule has 4 nitrogen and oxygen atoms in total. The molecular formula is C16H21N3OS. The molecule has 21 heavy (non-hydrogen) atoms. The molecule has 0 heterocycles. The first kappa shape index (κ1) is 14.3. The van der Waals surface area contributed by atoms with Gasteiger partial charge in [0.2, 0.25) is 0 Å². The van der Waals surface area contributed by atoms with Gasteiger partial charge in [-0.2, -0.15) is 5.10 Å². The SMILES string of the molecule is COc1ccc(/C=N\NC(=S)N[C@H]2C[C@@H]3CC[C@@H]2C3)cc1. The maximum absolute atomic E-state index is 5.31. The maximum atomic E-state index is 5.31. The summed E-state index contributed by atoms with van der Waals surface area (Å²) in [6.07, 6.45) is 7.14. The van der Waals surface area contributed by atoms with Crippen LogP contribution in [0.3, 0.4) is 0 Å². The third-order valence-corrected chi connectivity index (χ3v) is 4.76. The van der Waals surface area contributed by atoms with Crippen LogP contribution in [0.15, 0.2) is 29.4 Å². The van der Waals surface area contributed by atoms with Crippen molar-refractivity contribution < 1.29 is 4.74 Å². The van der Waals surface area contributed by atoms with E-state index in [-0.39, 0.29) is 0 Å². The van der Waals surface area contributed by atoms with Crippen LogP contribution in [0.2, 0.25) is 0 Å². The Hall–Kier alpha value is -1.62. The molecule has 2 N–H and O–H groups in total. The highest BCUT2D eigenvalue weighted by molar-refractivity contribution is 7.80. The number of fused-ring (bicyclic) bond motifs is 2. The van der Waals surface area contributed by atoms with Crippen molar-refractivity contribution in [2.24, 2.45) is 16.9 Å². The van der Waals surface area contributed by atoms with Crippen LogP contribution in [-0.2, 0) is 0 Å². The minimum absolute atomic E-state index is 0.542. The summed E-state index contributed by atoms with van der Waals surface area (Å²) in [6.45, 7) is 0. The minimum atomic E-state index is 0.542. The fourth-order valence-corrected chi connectivity index (χ4v) is 3.68. The standard InChI is InChI=1S/C16H21N3OS/c1-20-14-6-3-11(4-7-14)10-17-19-16(21)18-15-9-12-2-5-13(15)8-12/h3-4,6-7,10,12-13,15H,2,5,8-9H2,1H3,(H2,18,19,21)/b17-10-/t12-,13-,15+/m1/s1. The highest BCUT2D eigenvalue weighted by Crippen LogP contribution is 2.44. The van der Waals surface area contributed by atoms with Gasteiger partial charge in [0.15, 0.2) is 5.11 Å². The van der Waals surface area contributed by atoms with Crippen molar-refractivity contribution in [1.29, 1.82) is 0 Å². The van der Waals surface area contributed by atoms with Crippen LogP contribution in [0.25, 0.3) is 0 Å². The Morgan fingerprint density at radius 2 is 2.10 bits per heavy atom. The van der Waals surface area contributed by atoms with E-state index < -0.39 is 0 Å². The summed E-state index contributed by atoms with van der Waals surface area (Å²) >= 11 is 5.31. The Labute approximate surface area is 131 Å². The number of hydrazone groups is 1. The van der Waals surface area contributed by atoms with Gasteiger partial charge in [-0.1, -0.05) is 6.42 Å². The molecule has 2 saturated carbocycles. The van der Waals surface area contributed by atoms with Gasteiger partial charge in [0.25, 0.3) is 0 Å². The zero-order valence-electron chi connectivity index (χ0n) is 12.2. The van der Waals surface area contributed by atoms with Crippen molar-refractivity contribution in [3.63, 3.8) is 0 Å². The fourth-order valence-electron chi connectivity index (χ4n) is 3.48. The first-order chi connectivity index (χ1) is 10.2. The van der Waals surface area contributed by atoms with Gasteiger partial charge < -0.3 is 10.1 Å². The number of nitrogens with one attached hydrogen (secondary N) is 2. The maximum Gasteiger partial charge on any atom is 0.187 e. The lowest BCUT2D eigenvalue weighted by Gasteiger charge is -2.23. The smallest absolute Gasteiger partial charge is 0.187 e. The number of hydrogen-bond donors (Lipinski definition) is 2. The van der Waals surface area contributed by atoms with Gasteiger partial charge in [-0.25, -0.2) is 0 Å². The molecule has 2 fully saturated rings. The summed E-state index contributed by atoms with van der Waals surface area (Å²) < 4.78 is 5.12. The van der Waals surface area contributed by atoms with E-state index in [0.717, 1.165) is 23.1 Å². The predicted octanol–water partition coefficient (Wildman–Crippen LogP) is 2.68. The number of hydrogen-bond acceptors (Lipinski definition) is 3. The predicted molar refractivity (Wildman–Crippen MR) is 88.7 cm³/mol. The van der Waals surface area contributed by atoms with E-state index in [9.17, 15) is 0 Å². The first-order valence-corrected chi connectivity index (χ1v) is 7.89. The molecule has 2 aliphatic carbocycles. The number of benzene rings is 1. The lowest BCUT2D eigenvalue weighted by atomic mass is 9.96. The molecule has 1 aromatic rings. The van der Waals surface area contributed by atoms with E-state index in [0.29, 0.717) is 11.2 Å². The molecule has 0 saturated heterocycles. The zero-order valence-corrected chi connectivity index (χ0v) is 13.0. The molecule has 3 atom stereocenters. The number of thiocarbonyl (C=S) groups is 1. The number of methoxy groups -OCH3 is 1. The number of ether oxygens (including phenoxy) is 1. The Morgan fingerprint density at radius 1 is 1.29 bits per heavy atom. The number of rotatable bonds is 4. The van der Waals surface area contributed by atoms with Crippen molar-refractivity contribution in [3.8, 4) is 5.75 Å². The summed E-state index contributed by atoms with van der Waals surface area (Å²) in [6, 6.07) is 8.27. The normalized spacial score (nSPS) is 27.0. The fraction of sp³-hybridized carbons (Fsp3) is 0.500.